The number of hydrogen-bond donors (Lipinski definition) is 2. The molecule has 0 spiro atoms. The van der Waals surface area contributed by atoms with Crippen molar-refractivity contribution in [2.24, 2.45) is 4.99 Å². The largest absolute Gasteiger partial charge is 0.481 e. The summed E-state index contributed by atoms with van der Waals surface area (Å²) in [6.07, 6.45) is 0.835. The molecule has 104 valence electrons. The van der Waals surface area contributed by atoms with Crippen LogP contribution in [0.25, 0.3) is 0 Å². The molecule has 2 rings (SSSR count). The van der Waals surface area contributed by atoms with Crippen molar-refractivity contribution in [2.75, 3.05) is 30.8 Å². The van der Waals surface area contributed by atoms with Crippen LogP contribution in [0.2, 0.25) is 0 Å². The van der Waals surface area contributed by atoms with E-state index in [0.29, 0.717) is 5.69 Å². The lowest BCUT2D eigenvalue weighted by atomic mass is 10.2. The molecule has 0 fully saturated rings. The van der Waals surface area contributed by atoms with Crippen LogP contribution in [-0.2, 0) is 4.74 Å². The minimum Gasteiger partial charge on any atom is -0.481 e. The van der Waals surface area contributed by atoms with Crippen LogP contribution in [0.3, 0.4) is 0 Å². The van der Waals surface area contributed by atoms with Crippen molar-refractivity contribution in [1.29, 1.82) is 0 Å². The second-order valence-electron chi connectivity index (χ2n) is 4.46. The highest BCUT2D eigenvalue weighted by atomic mass is 16.5. The van der Waals surface area contributed by atoms with Gasteiger partial charge in [0.25, 0.3) is 0 Å². The molecule has 5 heteroatoms. The molecule has 1 aliphatic rings. The van der Waals surface area contributed by atoms with E-state index in [1.165, 1.54) is 0 Å². The Hall–Kier alpha value is -1.75. The van der Waals surface area contributed by atoms with Gasteiger partial charge in [-0.15, -0.1) is 0 Å². The summed E-state index contributed by atoms with van der Waals surface area (Å²) in [5.74, 6) is 1.63. The number of benzene rings is 1. The fraction of sp³-hybridized carbons (Fsp3) is 0.500. The molecule has 0 radical (unpaired) electrons. The molecule has 5 nitrogen and oxygen atoms in total. The van der Waals surface area contributed by atoms with Gasteiger partial charge in [-0.1, -0.05) is 0 Å². The van der Waals surface area contributed by atoms with E-state index in [0.717, 1.165) is 43.5 Å². The van der Waals surface area contributed by atoms with Gasteiger partial charge >= 0.3 is 0 Å². The first-order valence-electron chi connectivity index (χ1n) is 6.66. The molecule has 1 aromatic rings. The van der Waals surface area contributed by atoms with Gasteiger partial charge in [0.15, 0.2) is 6.10 Å². The molecular weight excluding hydrogens is 242 g/mol. The number of ether oxygens (including phenoxy) is 2. The van der Waals surface area contributed by atoms with Gasteiger partial charge < -0.3 is 20.5 Å². The molecule has 1 unspecified atom stereocenters. The van der Waals surface area contributed by atoms with Crippen molar-refractivity contribution in [1.82, 2.24) is 0 Å². The number of aliphatic imine (C=N–C) groups is 1. The van der Waals surface area contributed by atoms with Crippen molar-refractivity contribution in [3.05, 3.63) is 18.2 Å². The Morgan fingerprint density at radius 2 is 2.32 bits per heavy atom. The van der Waals surface area contributed by atoms with Crippen molar-refractivity contribution in [2.45, 2.75) is 26.4 Å². The lowest BCUT2D eigenvalue weighted by Gasteiger charge is -2.26. The average Bonchev–Trinajstić information content (AvgIpc) is 2.39. The molecule has 1 heterocycles. The lowest BCUT2D eigenvalue weighted by Crippen LogP contribution is -2.35. The van der Waals surface area contributed by atoms with E-state index >= 15 is 0 Å². The number of nitrogen functional groups attached to an aromatic ring is 1. The van der Waals surface area contributed by atoms with E-state index in [-0.39, 0.29) is 6.10 Å². The third-order valence-corrected chi connectivity index (χ3v) is 2.89. The summed E-state index contributed by atoms with van der Waals surface area (Å²) < 4.78 is 11.1. The second-order valence-corrected chi connectivity index (χ2v) is 4.46. The first-order valence-corrected chi connectivity index (χ1v) is 6.66. The number of anilines is 2. The Morgan fingerprint density at radius 1 is 1.47 bits per heavy atom. The Labute approximate surface area is 113 Å². The highest BCUT2D eigenvalue weighted by Crippen LogP contribution is 2.31. The monoisotopic (exact) mass is 263 g/mol. The maximum Gasteiger partial charge on any atom is 0.153 e. The van der Waals surface area contributed by atoms with Crippen molar-refractivity contribution in [3.63, 3.8) is 0 Å². The minimum atomic E-state index is -0.0820. The highest BCUT2D eigenvalue weighted by Gasteiger charge is 2.21. The maximum atomic E-state index is 5.80. The van der Waals surface area contributed by atoms with Crippen molar-refractivity contribution >= 4 is 17.2 Å². The minimum absolute atomic E-state index is 0.0820. The summed E-state index contributed by atoms with van der Waals surface area (Å²) >= 11 is 0. The quantitative estimate of drug-likeness (QED) is 0.631. The van der Waals surface area contributed by atoms with Crippen LogP contribution in [0.5, 0.6) is 5.75 Å². The van der Waals surface area contributed by atoms with E-state index in [2.05, 4.69) is 10.3 Å². The average molecular weight is 263 g/mol. The zero-order valence-electron chi connectivity index (χ0n) is 11.5. The van der Waals surface area contributed by atoms with Gasteiger partial charge in [0.05, 0.1) is 5.69 Å². The number of nitrogens with one attached hydrogen (secondary N) is 1. The zero-order valence-corrected chi connectivity index (χ0v) is 11.5. The predicted octanol–water partition coefficient (Wildman–Crippen LogP) is 2.29. The number of nitrogens with two attached hydrogens (primary N) is 1. The van der Waals surface area contributed by atoms with Gasteiger partial charge in [0, 0.05) is 31.5 Å². The first-order chi connectivity index (χ1) is 9.20. The van der Waals surface area contributed by atoms with Crippen molar-refractivity contribution in [3.8, 4) is 5.75 Å². The molecule has 0 amide bonds. The van der Waals surface area contributed by atoms with Gasteiger partial charge in [0.1, 0.15) is 11.6 Å². The van der Waals surface area contributed by atoms with E-state index in [4.69, 9.17) is 15.2 Å². The van der Waals surface area contributed by atoms with Gasteiger partial charge in [-0.05, 0) is 32.4 Å². The summed E-state index contributed by atoms with van der Waals surface area (Å²) in [6, 6.07) is 5.58. The smallest absolute Gasteiger partial charge is 0.153 e. The molecule has 3 N–H and O–H groups in total. The molecule has 19 heavy (non-hydrogen) atoms. The molecule has 0 saturated heterocycles. The van der Waals surface area contributed by atoms with Crippen molar-refractivity contribution < 1.29 is 9.47 Å². The van der Waals surface area contributed by atoms with E-state index in [1.807, 2.05) is 32.0 Å². The SMILES string of the molecule is CCOCCCN=C1Nc2ccc(N)cc2OC1C. The van der Waals surface area contributed by atoms with Crippen LogP contribution in [0.15, 0.2) is 23.2 Å². The normalized spacial score (nSPS) is 19.7. The Balaban J connectivity index is 1.97. The highest BCUT2D eigenvalue weighted by molar-refractivity contribution is 6.01. The zero-order chi connectivity index (χ0) is 13.7. The van der Waals surface area contributed by atoms with E-state index in [1.54, 1.807) is 0 Å². The van der Waals surface area contributed by atoms with Crippen LogP contribution >= 0.6 is 0 Å². The van der Waals surface area contributed by atoms with Crippen LogP contribution in [0.1, 0.15) is 20.3 Å². The van der Waals surface area contributed by atoms with Crippen LogP contribution in [-0.4, -0.2) is 31.7 Å². The predicted molar refractivity (Wildman–Crippen MR) is 78.0 cm³/mol. The molecule has 1 aliphatic heterocycles. The number of nitrogens with zero attached hydrogens (tertiary/aromatic N) is 1. The Kier molecular flexibility index (Phi) is 4.63. The second kappa shape index (κ2) is 6.43. The number of hydrogen-bond acceptors (Lipinski definition) is 4. The first kappa shape index (κ1) is 13.7. The molecule has 0 aromatic heterocycles. The Bertz CT molecular complexity index is 460. The number of fused-ring (bicyclic) bond motifs is 1. The summed E-state index contributed by atoms with van der Waals surface area (Å²) in [5, 5.41) is 3.29. The van der Waals surface area contributed by atoms with Crippen LogP contribution in [0, 0.1) is 0 Å². The summed E-state index contributed by atoms with van der Waals surface area (Å²) in [4.78, 5) is 4.53. The fourth-order valence-corrected chi connectivity index (χ4v) is 1.90. The van der Waals surface area contributed by atoms with Gasteiger partial charge in [0.2, 0.25) is 0 Å². The number of rotatable bonds is 5. The Morgan fingerprint density at radius 3 is 3.11 bits per heavy atom. The molecule has 1 atom stereocenters. The molecule has 0 aliphatic carbocycles. The van der Waals surface area contributed by atoms with E-state index in [9.17, 15) is 0 Å². The third kappa shape index (κ3) is 3.61. The molecule has 1 aromatic carbocycles. The maximum absolute atomic E-state index is 5.80. The van der Waals surface area contributed by atoms with Crippen LogP contribution in [0.4, 0.5) is 11.4 Å². The van der Waals surface area contributed by atoms with E-state index < -0.39 is 0 Å². The van der Waals surface area contributed by atoms with Gasteiger partial charge in [-0.25, -0.2) is 0 Å². The third-order valence-electron chi connectivity index (χ3n) is 2.89. The molecule has 0 saturated carbocycles. The lowest BCUT2D eigenvalue weighted by molar-refractivity contribution is 0.146. The fourth-order valence-electron chi connectivity index (χ4n) is 1.90. The molecular formula is C14H21N3O2. The summed E-state index contributed by atoms with van der Waals surface area (Å²) in [5.41, 5.74) is 7.35. The summed E-state index contributed by atoms with van der Waals surface area (Å²) in [7, 11) is 0. The number of amidine groups is 1. The van der Waals surface area contributed by atoms with Gasteiger partial charge in [-0.2, -0.15) is 0 Å². The molecule has 0 bridgehead atoms. The van der Waals surface area contributed by atoms with Gasteiger partial charge in [-0.3, -0.25) is 4.99 Å². The topological polar surface area (TPSA) is 68.9 Å². The van der Waals surface area contributed by atoms with Crippen LogP contribution < -0.4 is 15.8 Å². The summed E-state index contributed by atoms with van der Waals surface area (Å²) in [6.45, 7) is 6.20. The standard InChI is InChI=1S/C14H21N3O2/c1-3-18-8-4-7-16-14-10(2)19-13-9-11(15)5-6-12(13)17-14/h5-6,9-10H,3-4,7-8,15H2,1-2H3,(H,16,17).